The zero-order valence-corrected chi connectivity index (χ0v) is 57.1. The molecule has 0 aromatic heterocycles. The van der Waals surface area contributed by atoms with Crippen molar-refractivity contribution in [3.05, 3.63) is 117 Å². The molecule has 1 fully saturated rings. The number of carbonyl (C=O) groups is 7. The lowest BCUT2D eigenvalue weighted by Gasteiger charge is -2.39. The minimum Gasteiger partial charge on any atom is -0.508 e. The Morgan fingerprint density at radius 1 is 0.690 bits per heavy atom. The Hall–Kier alpha value is -8.46. The van der Waals surface area contributed by atoms with Gasteiger partial charge in [-0.15, -0.1) is 0 Å². The predicted octanol–water partition coefficient (Wildman–Crippen LogP) is 4.79. The molecule has 100 heavy (non-hydrogen) atoms. The number of likely N-dealkylation sites (N-methyl/N-ethyl adjacent to an activating group) is 1. The Bertz CT molecular complexity index is 3900. The number of phenolic OH excluding ortho intramolecular Hbond substituents is 3. The Morgan fingerprint density at radius 3 is 1.95 bits per heavy atom. The van der Waals surface area contributed by atoms with Crippen LogP contribution >= 0.6 is 35.4 Å². The zero-order chi connectivity index (χ0) is 72.5. The number of ketones is 2. The second-order valence-electron chi connectivity index (χ2n) is 25.5. The van der Waals surface area contributed by atoms with E-state index in [1.165, 1.54) is 43.4 Å². The summed E-state index contributed by atoms with van der Waals surface area (Å²) < 4.78 is 25.3. The molecule has 14 atom stereocenters. The van der Waals surface area contributed by atoms with Crippen LogP contribution in [0.25, 0.3) is 11.1 Å². The molecule has 31 heteroatoms. The van der Waals surface area contributed by atoms with Crippen molar-refractivity contribution >= 4 is 81.7 Å². The van der Waals surface area contributed by atoms with E-state index in [1.54, 1.807) is 0 Å². The highest BCUT2D eigenvalue weighted by atomic mass is 35.5. The van der Waals surface area contributed by atoms with Gasteiger partial charge < -0.3 is 107 Å². The van der Waals surface area contributed by atoms with E-state index in [1.807, 2.05) is 13.8 Å². The number of halogens is 2. The first kappa shape index (κ1) is 75.7. The number of aliphatic hydroxyl groups excluding tert-OH is 6. The lowest BCUT2D eigenvalue weighted by Crippen LogP contribution is -2.60. The van der Waals surface area contributed by atoms with E-state index in [4.69, 9.17) is 54.4 Å². The highest BCUT2D eigenvalue weighted by molar-refractivity contribution is 7.80. The number of amides is 4. The van der Waals surface area contributed by atoms with Gasteiger partial charge in [-0.3, -0.25) is 28.8 Å². The van der Waals surface area contributed by atoms with Crippen LogP contribution in [0.5, 0.6) is 46.0 Å². The van der Waals surface area contributed by atoms with E-state index in [2.05, 4.69) is 44.1 Å². The maximum absolute atomic E-state index is 16.2. The van der Waals surface area contributed by atoms with E-state index in [9.17, 15) is 65.4 Å². The van der Waals surface area contributed by atoms with Gasteiger partial charge in [-0.1, -0.05) is 94.3 Å². The van der Waals surface area contributed by atoms with Gasteiger partial charge >= 0.3 is 5.97 Å². The summed E-state index contributed by atoms with van der Waals surface area (Å²) in [5.41, 5.74) is -2.11. The summed E-state index contributed by atoms with van der Waals surface area (Å²) in [5.74, 6) is -16.1. The van der Waals surface area contributed by atoms with Crippen LogP contribution in [0, 0.1) is 11.8 Å². The third-order valence-electron chi connectivity index (χ3n) is 17.9. The van der Waals surface area contributed by atoms with Crippen molar-refractivity contribution in [2.45, 2.75) is 158 Å². The molecule has 17 N–H and O–H groups in total. The van der Waals surface area contributed by atoms with Gasteiger partial charge in [-0.2, -0.15) is 0 Å². The first-order valence-corrected chi connectivity index (χ1v) is 33.8. The van der Waals surface area contributed by atoms with Crippen molar-refractivity contribution in [3.63, 3.8) is 0 Å². The van der Waals surface area contributed by atoms with Gasteiger partial charge in [0, 0.05) is 48.7 Å². The molecule has 0 radical (unpaired) electrons. The standard InChI is InChI=1S/C69H81Cl2N7O21S/c1-5-6-7-8-9-10-17-73-69(100)74-28-35-22-45(83)55(77-65(92)42(72-4)18-30(2)3)57(85)32-12-15-47(40(70)20-32)96-49-23-34-24-50(62(49)99-68-61(89)60(88)59(87)51(29-79)98-68)97-48-16-13-33(21-41(48)71)58(86)56-66(93)76-54(67(94)95)39-25-36(80)26-44(82)52(39)38-19-31(11-14-43(38)81)37(64(91)78-56)27-46(84)53(34)75-63(35)90/h11-16,19-21,23-26,30,35,37,42,51,53-61,68,72,79-82,85-89H,5-10,17-18,22,27-29H2,1-4H3,(H,75,90)(H,76,93)(H,77,92)(H,78,91)(H,94,95)(H2,73,74,100)/t35-,37+,42+,51?,53+,54-,55-,56-,57+,58+,59?,60?,61?,68?/m0/s1. The molecule has 0 saturated carbocycles. The van der Waals surface area contributed by atoms with E-state index >= 15 is 19.2 Å². The monoisotopic (exact) mass is 1450 g/mol. The summed E-state index contributed by atoms with van der Waals surface area (Å²) in [6.07, 6.45) is -9.52. The lowest BCUT2D eigenvalue weighted by molar-refractivity contribution is -0.277. The number of aromatic hydroxyl groups is 3. The second kappa shape index (κ2) is 33.3. The molecule has 5 aromatic carbocycles. The largest absolute Gasteiger partial charge is 0.508 e. The molecule has 6 aliphatic rings. The van der Waals surface area contributed by atoms with Crippen molar-refractivity contribution in [3.8, 4) is 57.1 Å². The van der Waals surface area contributed by atoms with Crippen LogP contribution in [0.15, 0.2) is 78.9 Å². The van der Waals surface area contributed by atoms with Crippen LogP contribution in [0.1, 0.15) is 137 Å². The lowest BCUT2D eigenvalue weighted by atomic mass is 9.84. The Morgan fingerprint density at radius 2 is 1.33 bits per heavy atom. The van der Waals surface area contributed by atoms with Crippen LogP contribution in [-0.4, -0.2) is 173 Å². The van der Waals surface area contributed by atoms with Crippen molar-refractivity contribution in [2.24, 2.45) is 11.8 Å². The SMILES string of the molecule is CCCCCCCCNC(=S)NC[C@@H]1CC(=O)[C@H](NC(=O)[C@@H](CC(C)C)NC)[C@H](O)c2ccc(c(Cl)c2)Oc2cc3cc(c2OC2OC(CO)C(O)C(O)C2O)Oc2ccc(cc2Cl)[C@@H](O)[C@@H]2NC(=O)[C@H](CC(=O)[C@@H]3NC1=O)c1ccc(O)c(c1)-c1c(O)cc(O)cc1[C@@H](C(=O)O)NC2=O. The summed E-state index contributed by atoms with van der Waals surface area (Å²) in [4.78, 5) is 105. The first-order chi connectivity index (χ1) is 47.6. The maximum atomic E-state index is 16.2. The van der Waals surface area contributed by atoms with Crippen molar-refractivity contribution in [2.75, 3.05) is 26.7 Å². The van der Waals surface area contributed by atoms with Crippen LogP contribution in [-0.2, 0) is 38.3 Å². The number of fused-ring (bicyclic) bond motifs is 15. The molecule has 1 saturated heterocycles. The molecular weight excluding hydrogens is 1370 g/mol. The smallest absolute Gasteiger partial charge is 0.330 e. The van der Waals surface area contributed by atoms with Crippen molar-refractivity contribution in [1.29, 1.82) is 0 Å². The van der Waals surface area contributed by atoms with Gasteiger partial charge in [0.1, 0.15) is 83.5 Å². The fourth-order valence-electron chi connectivity index (χ4n) is 12.4. The molecule has 4 amide bonds. The molecule has 0 spiro atoms. The van der Waals surface area contributed by atoms with E-state index in [0.29, 0.717) is 6.54 Å². The summed E-state index contributed by atoms with van der Waals surface area (Å²) in [7, 11) is 1.54. The van der Waals surface area contributed by atoms with Crippen molar-refractivity contribution in [1.82, 2.24) is 37.2 Å². The number of rotatable bonds is 18. The Kier molecular flexibility index (Phi) is 25.3. The molecular formula is C69H81Cl2N7O21S. The Balaban J connectivity index is 1.29. The summed E-state index contributed by atoms with van der Waals surface area (Å²) in [6, 6.07) is 5.41. The molecule has 11 rings (SSSR count). The number of hydrogen-bond donors (Lipinski definition) is 17. The fraction of sp³-hybridized carbons (Fsp3) is 0.449. The molecule has 11 bridgehead atoms. The van der Waals surface area contributed by atoms with Crippen molar-refractivity contribution < 1.29 is 104 Å². The molecule has 0 aliphatic carbocycles. The van der Waals surface area contributed by atoms with Gasteiger partial charge in [0.2, 0.25) is 35.7 Å². The number of carboxylic acids is 1. The number of thiocarbonyl (C=S) groups is 1. The highest BCUT2D eigenvalue weighted by Crippen LogP contribution is 2.50. The minimum atomic E-state index is -2.20. The molecule has 6 heterocycles. The third kappa shape index (κ3) is 17.5. The summed E-state index contributed by atoms with van der Waals surface area (Å²) in [5, 5.41) is 132. The number of unbranched alkanes of at least 4 members (excludes halogenated alkanes) is 5. The van der Waals surface area contributed by atoms with E-state index in [-0.39, 0.29) is 66.8 Å². The van der Waals surface area contributed by atoms with Crippen LogP contribution in [0.2, 0.25) is 10.0 Å². The van der Waals surface area contributed by atoms with E-state index < -0.39 is 198 Å². The minimum absolute atomic E-state index is 0.0396. The number of carbonyl (C=O) groups excluding carboxylic acids is 6. The topological polar surface area (TPSA) is 443 Å². The number of benzene rings is 5. The quantitative estimate of drug-likeness (QED) is 0.0414. The zero-order valence-electron chi connectivity index (χ0n) is 54.8. The molecule has 28 nitrogen and oxygen atoms in total. The molecule has 6 aliphatic heterocycles. The van der Waals surface area contributed by atoms with Gasteiger partial charge in [0.25, 0.3) is 0 Å². The number of phenols is 3. The Labute approximate surface area is 589 Å². The number of aliphatic carboxylic acids is 1. The normalized spacial score (nSPS) is 25.1. The summed E-state index contributed by atoms with van der Waals surface area (Å²) in [6.45, 7) is 4.88. The molecule has 5 aromatic rings. The summed E-state index contributed by atoms with van der Waals surface area (Å²) >= 11 is 19.8. The number of carboxylic acid groups (broad SMARTS) is 1. The molecule has 538 valence electrons. The fourth-order valence-corrected chi connectivity index (χ4v) is 13.0. The average Bonchev–Trinajstić information content (AvgIpc) is 0.770. The number of aliphatic hydroxyl groups is 6. The number of hydrogen-bond acceptors (Lipinski definition) is 22. The predicted molar refractivity (Wildman–Crippen MR) is 364 cm³/mol. The van der Waals surface area contributed by atoms with E-state index in [0.717, 1.165) is 81.0 Å². The van der Waals surface area contributed by atoms with Gasteiger partial charge in [0.05, 0.1) is 34.5 Å². The molecule has 5 unspecified atom stereocenters. The second-order valence-corrected chi connectivity index (χ2v) is 26.7. The van der Waals surface area contributed by atoms with Gasteiger partial charge in [-0.05, 0) is 115 Å². The maximum Gasteiger partial charge on any atom is 0.330 e. The van der Waals surface area contributed by atoms with Crippen LogP contribution < -0.4 is 51.4 Å². The van der Waals surface area contributed by atoms with Crippen LogP contribution in [0.3, 0.4) is 0 Å². The first-order valence-electron chi connectivity index (χ1n) is 32.6. The average molecular weight is 1450 g/mol. The van der Waals surface area contributed by atoms with Crippen LogP contribution in [0.4, 0.5) is 0 Å². The van der Waals surface area contributed by atoms with Gasteiger partial charge in [0.15, 0.2) is 34.2 Å². The van der Waals surface area contributed by atoms with Gasteiger partial charge in [-0.25, -0.2) is 4.79 Å². The number of Topliss-reactive ketones (excluding diaryl/α,β-unsaturated/α-hetero) is 2. The number of ether oxygens (including phenoxy) is 4. The third-order valence-corrected chi connectivity index (χ3v) is 18.7. The highest BCUT2D eigenvalue weighted by Gasteiger charge is 2.47. The number of nitrogens with one attached hydrogen (secondary N) is 7.